The maximum absolute atomic E-state index is 11.7. The van der Waals surface area contributed by atoms with Gasteiger partial charge in [-0.25, -0.2) is 0 Å². The Bertz CT molecular complexity index is 635. The number of nitrogens with one attached hydrogen (secondary N) is 1. The molecule has 0 aliphatic carbocycles. The quantitative estimate of drug-likeness (QED) is 0.506. The molecule has 0 unspecified atom stereocenters. The van der Waals surface area contributed by atoms with Gasteiger partial charge in [0.15, 0.2) is 6.61 Å². The molecule has 0 bridgehead atoms. The van der Waals surface area contributed by atoms with E-state index in [-0.39, 0.29) is 24.1 Å². The first-order chi connectivity index (χ1) is 10.1. The van der Waals surface area contributed by atoms with Gasteiger partial charge in [-0.2, -0.15) is 0 Å². The summed E-state index contributed by atoms with van der Waals surface area (Å²) in [4.78, 5) is 27.2. The molecule has 4 nitrogen and oxygen atoms in total. The van der Waals surface area contributed by atoms with Gasteiger partial charge in [0.2, 0.25) is 5.78 Å². The molecule has 0 saturated heterocycles. The highest BCUT2D eigenvalue weighted by atomic mass is 32.2. The minimum atomic E-state index is -0.388. The molecule has 21 heavy (non-hydrogen) atoms. The van der Waals surface area contributed by atoms with E-state index in [0.717, 1.165) is 16.0 Å². The van der Waals surface area contributed by atoms with Crippen molar-refractivity contribution in [3.8, 4) is 0 Å². The molecular weight excluding hydrogens is 286 g/mol. The van der Waals surface area contributed by atoms with Crippen LogP contribution in [0.2, 0.25) is 0 Å². The average Bonchev–Trinajstić information content (AvgIpc) is 3.00. The molecule has 0 fully saturated rings. The second kappa shape index (κ2) is 7.13. The van der Waals surface area contributed by atoms with E-state index in [0.29, 0.717) is 5.69 Å². The minimum Gasteiger partial charge on any atom is -0.457 e. The number of hydrogen-bond donors (Lipinski definition) is 1. The van der Waals surface area contributed by atoms with E-state index in [4.69, 9.17) is 4.74 Å². The Labute approximate surface area is 127 Å². The summed E-state index contributed by atoms with van der Waals surface area (Å²) in [5.74, 6) is -0.423. The second-order valence-electron chi connectivity index (χ2n) is 4.73. The molecule has 0 radical (unpaired) electrons. The first-order valence-corrected chi connectivity index (χ1v) is 7.57. The summed E-state index contributed by atoms with van der Waals surface area (Å²) in [7, 11) is 0. The number of esters is 1. The van der Waals surface area contributed by atoms with Gasteiger partial charge in [0.1, 0.15) is 0 Å². The number of rotatable bonds is 6. The zero-order valence-electron chi connectivity index (χ0n) is 12.0. The highest BCUT2D eigenvalue weighted by Gasteiger charge is 2.11. The zero-order chi connectivity index (χ0) is 15.2. The molecule has 0 saturated carbocycles. The first kappa shape index (κ1) is 15.4. The molecule has 5 heteroatoms. The Hall–Kier alpha value is -2.01. The summed E-state index contributed by atoms with van der Waals surface area (Å²) >= 11 is 1.42. The van der Waals surface area contributed by atoms with Gasteiger partial charge >= 0.3 is 5.97 Å². The number of aryl methyl sites for hydroxylation is 2. The fraction of sp³-hybridized carbons (Fsp3) is 0.250. The highest BCUT2D eigenvalue weighted by molar-refractivity contribution is 8.00. The standard InChI is InChI=1S/C16H17NO3S/c1-11-5-6-12(2)15(8-11)21-10-16(19)20-9-14(18)13-4-3-7-17-13/h3-8,17H,9-10H2,1-2H3. The number of benzene rings is 1. The maximum Gasteiger partial charge on any atom is 0.316 e. The Morgan fingerprint density at radius 3 is 2.76 bits per heavy atom. The molecule has 0 spiro atoms. The van der Waals surface area contributed by atoms with Crippen LogP contribution in [0.15, 0.2) is 41.4 Å². The van der Waals surface area contributed by atoms with Crippen molar-refractivity contribution < 1.29 is 14.3 Å². The normalized spacial score (nSPS) is 10.4. The van der Waals surface area contributed by atoms with E-state index in [1.165, 1.54) is 11.8 Å². The van der Waals surface area contributed by atoms with Crippen LogP contribution >= 0.6 is 11.8 Å². The van der Waals surface area contributed by atoms with E-state index in [1.54, 1.807) is 18.3 Å². The van der Waals surface area contributed by atoms with Crippen molar-refractivity contribution in [3.63, 3.8) is 0 Å². The number of thioether (sulfide) groups is 1. The Balaban J connectivity index is 1.80. The third kappa shape index (κ3) is 4.49. The number of H-pyrrole nitrogens is 1. The minimum absolute atomic E-state index is 0.197. The van der Waals surface area contributed by atoms with Gasteiger partial charge in [-0.05, 0) is 37.6 Å². The summed E-state index contributed by atoms with van der Waals surface area (Å²) in [6.07, 6.45) is 1.66. The summed E-state index contributed by atoms with van der Waals surface area (Å²) in [5, 5.41) is 0. The van der Waals surface area contributed by atoms with Crippen molar-refractivity contribution >= 4 is 23.5 Å². The van der Waals surface area contributed by atoms with Crippen LogP contribution in [0.25, 0.3) is 0 Å². The molecule has 1 aromatic heterocycles. The topological polar surface area (TPSA) is 59.2 Å². The van der Waals surface area contributed by atoms with Gasteiger partial charge in [0.25, 0.3) is 0 Å². The van der Waals surface area contributed by atoms with Gasteiger partial charge in [-0.15, -0.1) is 11.8 Å². The van der Waals surface area contributed by atoms with Crippen molar-refractivity contribution in [2.75, 3.05) is 12.4 Å². The smallest absolute Gasteiger partial charge is 0.316 e. The highest BCUT2D eigenvalue weighted by Crippen LogP contribution is 2.23. The number of ether oxygens (including phenoxy) is 1. The van der Waals surface area contributed by atoms with Crippen LogP contribution in [-0.2, 0) is 9.53 Å². The van der Waals surface area contributed by atoms with Crippen LogP contribution in [-0.4, -0.2) is 29.1 Å². The average molecular weight is 303 g/mol. The molecule has 0 amide bonds. The predicted molar refractivity (Wildman–Crippen MR) is 82.7 cm³/mol. The lowest BCUT2D eigenvalue weighted by Crippen LogP contribution is -2.15. The van der Waals surface area contributed by atoms with Gasteiger partial charge in [-0.1, -0.05) is 17.7 Å². The van der Waals surface area contributed by atoms with Gasteiger partial charge in [-0.3, -0.25) is 9.59 Å². The molecule has 110 valence electrons. The van der Waals surface area contributed by atoms with E-state index < -0.39 is 0 Å². The van der Waals surface area contributed by atoms with Gasteiger partial charge in [0.05, 0.1) is 11.4 Å². The van der Waals surface area contributed by atoms with E-state index >= 15 is 0 Å². The van der Waals surface area contributed by atoms with Crippen molar-refractivity contribution in [2.24, 2.45) is 0 Å². The maximum atomic E-state index is 11.7. The number of carbonyl (C=O) groups excluding carboxylic acids is 2. The molecular formula is C16H17NO3S. The Morgan fingerprint density at radius 2 is 2.05 bits per heavy atom. The SMILES string of the molecule is Cc1ccc(C)c(SCC(=O)OCC(=O)c2ccc[nH]2)c1. The molecule has 0 atom stereocenters. The first-order valence-electron chi connectivity index (χ1n) is 6.58. The number of hydrogen-bond acceptors (Lipinski definition) is 4. The molecule has 0 aliphatic rings. The summed E-state index contributed by atoms with van der Waals surface area (Å²) in [5.41, 5.74) is 2.73. The van der Waals surface area contributed by atoms with Crippen molar-refractivity contribution in [1.82, 2.24) is 4.98 Å². The molecule has 0 aliphatic heterocycles. The van der Waals surface area contributed by atoms with E-state index in [9.17, 15) is 9.59 Å². The van der Waals surface area contributed by atoms with Crippen LogP contribution in [0.3, 0.4) is 0 Å². The van der Waals surface area contributed by atoms with Crippen LogP contribution < -0.4 is 0 Å². The largest absolute Gasteiger partial charge is 0.457 e. The predicted octanol–water partition coefficient (Wildman–Crippen LogP) is 3.15. The van der Waals surface area contributed by atoms with Crippen molar-refractivity contribution in [3.05, 3.63) is 53.3 Å². The molecule has 2 aromatic rings. The third-order valence-corrected chi connectivity index (χ3v) is 4.08. The molecule has 1 N–H and O–H groups in total. The summed E-state index contributed by atoms with van der Waals surface area (Å²) in [6.45, 7) is 3.78. The third-order valence-electron chi connectivity index (χ3n) is 2.95. The van der Waals surface area contributed by atoms with Crippen molar-refractivity contribution in [1.29, 1.82) is 0 Å². The number of Topliss-reactive ketones (excluding diaryl/α,β-unsaturated/α-hetero) is 1. The van der Waals surface area contributed by atoms with Gasteiger partial charge < -0.3 is 9.72 Å². The number of aromatic amines is 1. The fourth-order valence-corrected chi connectivity index (χ4v) is 2.69. The van der Waals surface area contributed by atoms with Gasteiger partial charge in [0, 0.05) is 11.1 Å². The summed E-state index contributed by atoms with van der Waals surface area (Å²) in [6, 6.07) is 9.48. The van der Waals surface area contributed by atoms with Crippen LogP contribution in [0.4, 0.5) is 0 Å². The number of carbonyl (C=O) groups is 2. The Kier molecular flexibility index (Phi) is 5.22. The molecule has 1 heterocycles. The fourth-order valence-electron chi connectivity index (χ4n) is 1.77. The van der Waals surface area contributed by atoms with Crippen LogP contribution in [0.1, 0.15) is 21.6 Å². The lowest BCUT2D eigenvalue weighted by molar-refractivity contribution is -0.139. The van der Waals surface area contributed by atoms with Crippen molar-refractivity contribution in [2.45, 2.75) is 18.7 Å². The molecule has 2 rings (SSSR count). The lowest BCUT2D eigenvalue weighted by Gasteiger charge is -2.07. The Morgan fingerprint density at radius 1 is 1.24 bits per heavy atom. The lowest BCUT2D eigenvalue weighted by atomic mass is 10.2. The number of ketones is 1. The monoisotopic (exact) mass is 303 g/mol. The van der Waals surface area contributed by atoms with Crippen LogP contribution in [0.5, 0.6) is 0 Å². The zero-order valence-corrected chi connectivity index (χ0v) is 12.8. The molecule has 1 aromatic carbocycles. The number of aromatic nitrogens is 1. The summed E-state index contributed by atoms with van der Waals surface area (Å²) < 4.78 is 4.99. The van der Waals surface area contributed by atoms with Crippen LogP contribution in [0, 0.1) is 13.8 Å². The second-order valence-corrected chi connectivity index (χ2v) is 5.74. The van der Waals surface area contributed by atoms with E-state index in [2.05, 4.69) is 4.98 Å². The van der Waals surface area contributed by atoms with E-state index in [1.807, 2.05) is 32.0 Å².